The topological polar surface area (TPSA) is 133 Å². The van der Waals surface area contributed by atoms with Crippen molar-refractivity contribution < 1.29 is 28.8 Å². The summed E-state index contributed by atoms with van der Waals surface area (Å²) in [7, 11) is 0. The number of benzene rings is 3. The molecular weight excluding hydrogens is 488 g/mol. The van der Waals surface area contributed by atoms with Gasteiger partial charge in [0, 0.05) is 37.3 Å². The van der Waals surface area contributed by atoms with Crippen LogP contribution in [0.3, 0.4) is 0 Å². The Bertz CT molecular complexity index is 1310. The molecule has 10 nitrogen and oxygen atoms in total. The molecule has 2 aliphatic heterocycles. The number of nitrogens with one attached hydrogen (secondary N) is 2. The fourth-order valence-electron chi connectivity index (χ4n) is 4.40. The highest BCUT2D eigenvalue weighted by atomic mass is 16.2. The minimum atomic E-state index is -0.415. The van der Waals surface area contributed by atoms with Crippen molar-refractivity contribution >= 4 is 46.8 Å². The van der Waals surface area contributed by atoms with E-state index in [0.29, 0.717) is 33.6 Å². The largest absolute Gasteiger partial charge is 0.326 e. The number of nitrogens with zero attached hydrogens (tertiary/aromatic N) is 2. The molecule has 0 saturated heterocycles. The lowest BCUT2D eigenvalue weighted by molar-refractivity contribution is -0.117. The Morgan fingerprint density at radius 3 is 1.08 bits per heavy atom. The number of hydrogen-bond acceptors (Lipinski definition) is 6. The van der Waals surface area contributed by atoms with Crippen molar-refractivity contribution in [2.45, 2.75) is 12.8 Å². The SMILES string of the molecule is O=C(CCN1C(=O)c2ccccc2C1=O)Nc1ccc(NC(=O)CCN2C(=O)c3ccccc3C2=O)cc1. The van der Waals surface area contributed by atoms with Crippen LogP contribution in [-0.2, 0) is 9.59 Å². The lowest BCUT2D eigenvalue weighted by Crippen LogP contribution is -2.33. The molecule has 0 spiro atoms. The van der Waals surface area contributed by atoms with Crippen molar-refractivity contribution in [3.8, 4) is 0 Å². The molecule has 0 bridgehead atoms. The van der Waals surface area contributed by atoms with Crippen LogP contribution in [-0.4, -0.2) is 58.3 Å². The minimum Gasteiger partial charge on any atom is -0.326 e. The van der Waals surface area contributed by atoms with Crippen LogP contribution in [0.4, 0.5) is 11.4 Å². The highest BCUT2D eigenvalue weighted by molar-refractivity contribution is 6.22. The second-order valence-electron chi connectivity index (χ2n) is 8.79. The summed E-state index contributed by atoms with van der Waals surface area (Å²) in [5.41, 5.74) is 2.28. The summed E-state index contributed by atoms with van der Waals surface area (Å²) in [5.74, 6) is -2.41. The first kappa shape index (κ1) is 24.6. The van der Waals surface area contributed by atoms with Gasteiger partial charge in [-0.15, -0.1) is 0 Å². The van der Waals surface area contributed by atoms with Gasteiger partial charge < -0.3 is 10.6 Å². The van der Waals surface area contributed by atoms with E-state index in [9.17, 15) is 28.8 Å². The molecule has 2 N–H and O–H groups in total. The standard InChI is InChI=1S/C28H22N4O6/c33-23(13-15-31-25(35)19-5-1-2-6-20(19)26(31)36)29-17-9-11-18(12-10-17)30-24(34)14-16-32-27(37)21-7-3-4-8-22(21)28(32)38/h1-12H,13-16H2,(H,29,33)(H,30,34). The lowest BCUT2D eigenvalue weighted by Gasteiger charge is -2.14. The molecule has 0 atom stereocenters. The van der Waals surface area contributed by atoms with Crippen molar-refractivity contribution in [1.29, 1.82) is 0 Å². The molecule has 0 unspecified atom stereocenters. The Balaban J connectivity index is 1.08. The van der Waals surface area contributed by atoms with Gasteiger partial charge >= 0.3 is 0 Å². The Morgan fingerprint density at radius 2 is 0.789 bits per heavy atom. The average molecular weight is 511 g/mol. The van der Waals surface area contributed by atoms with E-state index in [1.165, 1.54) is 0 Å². The predicted octanol–water partition coefficient (Wildman–Crippen LogP) is 2.94. The second kappa shape index (κ2) is 10.1. The van der Waals surface area contributed by atoms with Gasteiger partial charge in [-0.2, -0.15) is 0 Å². The summed E-state index contributed by atoms with van der Waals surface area (Å²) in [6, 6.07) is 19.4. The highest BCUT2D eigenvalue weighted by Gasteiger charge is 2.36. The molecule has 3 aromatic carbocycles. The average Bonchev–Trinajstić information content (AvgIpc) is 3.31. The first-order chi connectivity index (χ1) is 18.3. The molecule has 6 amide bonds. The molecule has 0 saturated carbocycles. The summed E-state index contributed by atoms with van der Waals surface area (Å²) in [6.45, 7) is -0.0845. The van der Waals surface area contributed by atoms with Crippen LogP contribution < -0.4 is 10.6 Å². The van der Waals surface area contributed by atoms with Gasteiger partial charge in [-0.3, -0.25) is 38.6 Å². The molecule has 0 aliphatic carbocycles. The lowest BCUT2D eigenvalue weighted by atomic mass is 10.1. The van der Waals surface area contributed by atoms with Gasteiger partial charge in [0.05, 0.1) is 22.3 Å². The van der Waals surface area contributed by atoms with Crippen molar-refractivity contribution in [1.82, 2.24) is 9.80 Å². The maximum atomic E-state index is 12.4. The number of anilines is 2. The molecule has 190 valence electrons. The zero-order valence-electron chi connectivity index (χ0n) is 20.1. The Labute approximate surface area is 217 Å². The summed E-state index contributed by atoms with van der Waals surface area (Å²) in [5, 5.41) is 5.39. The van der Waals surface area contributed by atoms with Gasteiger partial charge in [-0.05, 0) is 48.5 Å². The van der Waals surface area contributed by atoms with Crippen molar-refractivity contribution in [3.63, 3.8) is 0 Å². The van der Waals surface area contributed by atoms with Crippen LogP contribution in [0.5, 0.6) is 0 Å². The van der Waals surface area contributed by atoms with Crippen LogP contribution in [0.15, 0.2) is 72.8 Å². The van der Waals surface area contributed by atoms with E-state index < -0.39 is 23.6 Å². The third-order valence-corrected chi connectivity index (χ3v) is 6.33. The first-order valence-electron chi connectivity index (χ1n) is 11.9. The molecule has 0 aromatic heterocycles. The van der Waals surface area contributed by atoms with E-state index in [1.807, 2.05) is 0 Å². The van der Waals surface area contributed by atoms with Gasteiger partial charge in [0.2, 0.25) is 11.8 Å². The number of hydrogen-bond donors (Lipinski definition) is 2. The van der Waals surface area contributed by atoms with E-state index in [1.54, 1.807) is 72.8 Å². The van der Waals surface area contributed by atoms with Crippen LogP contribution in [0.2, 0.25) is 0 Å². The summed E-state index contributed by atoms with van der Waals surface area (Å²) in [4.78, 5) is 76.5. The number of fused-ring (bicyclic) bond motifs is 2. The number of imide groups is 2. The van der Waals surface area contributed by atoms with Gasteiger partial charge in [-0.1, -0.05) is 24.3 Å². The molecule has 10 heteroatoms. The van der Waals surface area contributed by atoms with Gasteiger partial charge in [0.25, 0.3) is 23.6 Å². The smallest absolute Gasteiger partial charge is 0.261 e. The molecule has 3 aromatic rings. The molecule has 5 rings (SSSR count). The van der Waals surface area contributed by atoms with Crippen LogP contribution in [0, 0.1) is 0 Å². The quantitative estimate of drug-likeness (QED) is 0.448. The van der Waals surface area contributed by atoms with Crippen LogP contribution in [0.25, 0.3) is 0 Å². The van der Waals surface area contributed by atoms with Crippen molar-refractivity contribution in [2.75, 3.05) is 23.7 Å². The van der Waals surface area contributed by atoms with Crippen LogP contribution >= 0.6 is 0 Å². The molecule has 2 heterocycles. The molecular formula is C28H22N4O6. The zero-order chi connectivity index (χ0) is 26.8. The van der Waals surface area contributed by atoms with E-state index in [-0.39, 0.29) is 37.7 Å². The third kappa shape index (κ3) is 4.66. The normalized spacial score (nSPS) is 14.0. The highest BCUT2D eigenvalue weighted by Crippen LogP contribution is 2.24. The van der Waals surface area contributed by atoms with E-state index in [4.69, 9.17) is 0 Å². The van der Waals surface area contributed by atoms with E-state index >= 15 is 0 Å². The fourth-order valence-corrected chi connectivity index (χ4v) is 4.40. The second-order valence-corrected chi connectivity index (χ2v) is 8.79. The van der Waals surface area contributed by atoms with Gasteiger partial charge in [0.15, 0.2) is 0 Å². The van der Waals surface area contributed by atoms with Gasteiger partial charge in [-0.25, -0.2) is 0 Å². The summed E-state index contributed by atoms with van der Waals surface area (Å²) < 4.78 is 0. The number of amides is 6. The number of rotatable bonds is 8. The number of carbonyl (C=O) groups is 6. The maximum absolute atomic E-state index is 12.4. The van der Waals surface area contributed by atoms with Crippen molar-refractivity contribution in [3.05, 3.63) is 95.1 Å². The van der Waals surface area contributed by atoms with Gasteiger partial charge in [0.1, 0.15) is 0 Å². The monoisotopic (exact) mass is 510 g/mol. The first-order valence-corrected chi connectivity index (χ1v) is 11.9. The molecule has 2 aliphatic rings. The Morgan fingerprint density at radius 1 is 0.500 bits per heavy atom. The molecule has 38 heavy (non-hydrogen) atoms. The Kier molecular flexibility index (Phi) is 6.53. The predicted molar refractivity (Wildman–Crippen MR) is 137 cm³/mol. The minimum absolute atomic E-state index is 0.0422. The van der Waals surface area contributed by atoms with E-state index in [2.05, 4.69) is 10.6 Å². The summed E-state index contributed by atoms with van der Waals surface area (Å²) >= 11 is 0. The zero-order valence-corrected chi connectivity index (χ0v) is 20.1. The Hall–Kier alpha value is -5.12. The summed E-state index contributed by atoms with van der Waals surface area (Å²) in [6.07, 6.45) is -0.135. The third-order valence-electron chi connectivity index (χ3n) is 6.33. The van der Waals surface area contributed by atoms with Crippen LogP contribution in [0.1, 0.15) is 54.3 Å². The van der Waals surface area contributed by atoms with Crippen molar-refractivity contribution in [2.24, 2.45) is 0 Å². The van der Waals surface area contributed by atoms with E-state index in [0.717, 1.165) is 9.80 Å². The maximum Gasteiger partial charge on any atom is 0.261 e. The number of carbonyl (C=O) groups excluding carboxylic acids is 6. The molecule has 0 radical (unpaired) electrons. The fraction of sp³-hybridized carbons (Fsp3) is 0.143. The molecule has 0 fully saturated rings.